The molecule has 19 heavy (non-hydrogen) atoms. The van der Waals surface area contributed by atoms with E-state index in [2.05, 4.69) is 12.2 Å². The predicted octanol–water partition coefficient (Wildman–Crippen LogP) is 2.62. The van der Waals surface area contributed by atoms with E-state index in [1.54, 1.807) is 11.3 Å². The highest BCUT2D eigenvalue weighted by atomic mass is 32.1. The second-order valence-electron chi connectivity index (χ2n) is 5.91. The van der Waals surface area contributed by atoms with Gasteiger partial charge in [0.1, 0.15) is 0 Å². The molecule has 0 fully saturated rings. The van der Waals surface area contributed by atoms with Crippen LogP contribution in [0, 0.1) is 11.8 Å². The number of thiophene rings is 1. The molecule has 0 saturated heterocycles. The molecule has 3 nitrogen and oxygen atoms in total. The van der Waals surface area contributed by atoms with Gasteiger partial charge in [0.25, 0.3) is 5.91 Å². The Hall–Kier alpha value is -0.870. The van der Waals surface area contributed by atoms with Crippen molar-refractivity contribution in [2.75, 3.05) is 6.61 Å². The molecule has 0 bridgehead atoms. The Labute approximate surface area is 119 Å². The number of aliphatic hydroxyl groups is 1. The first-order valence-corrected chi connectivity index (χ1v) is 7.86. The fraction of sp³-hybridized carbons (Fsp3) is 0.667. The molecule has 2 N–H and O–H groups in total. The van der Waals surface area contributed by atoms with E-state index in [9.17, 15) is 9.90 Å². The molecule has 1 unspecified atom stereocenters. The van der Waals surface area contributed by atoms with E-state index in [0.717, 1.165) is 23.6 Å². The zero-order valence-corrected chi connectivity index (χ0v) is 12.7. The first kappa shape index (κ1) is 14.5. The summed E-state index contributed by atoms with van der Waals surface area (Å²) in [5.41, 5.74) is 1.35. The molecule has 0 aliphatic heterocycles. The Morgan fingerprint density at radius 2 is 2.32 bits per heavy atom. The summed E-state index contributed by atoms with van der Waals surface area (Å²) >= 11 is 1.62. The van der Waals surface area contributed by atoms with E-state index >= 15 is 0 Å². The lowest BCUT2D eigenvalue weighted by atomic mass is 9.90. The summed E-state index contributed by atoms with van der Waals surface area (Å²) in [6, 6.07) is 1.88. The normalized spacial score (nSPS) is 20.2. The molecule has 2 rings (SSSR count). The van der Waals surface area contributed by atoms with Crippen LogP contribution in [0.1, 0.15) is 47.3 Å². The van der Waals surface area contributed by atoms with E-state index < -0.39 is 0 Å². The molecule has 0 radical (unpaired) electrons. The van der Waals surface area contributed by atoms with Crippen LogP contribution in [0.25, 0.3) is 0 Å². The van der Waals surface area contributed by atoms with Crippen molar-refractivity contribution in [3.05, 3.63) is 21.4 Å². The van der Waals surface area contributed by atoms with Gasteiger partial charge in [0.05, 0.1) is 17.5 Å². The number of carbonyl (C=O) groups is 1. The topological polar surface area (TPSA) is 49.3 Å². The SMILES string of the molecule is CC1CCc2sc(C(=O)N[C@H](CO)C(C)C)cc2C1. The second kappa shape index (κ2) is 6.06. The van der Waals surface area contributed by atoms with Gasteiger partial charge in [0.15, 0.2) is 0 Å². The van der Waals surface area contributed by atoms with Crippen molar-refractivity contribution in [1.82, 2.24) is 5.32 Å². The lowest BCUT2D eigenvalue weighted by molar-refractivity contribution is 0.0901. The van der Waals surface area contributed by atoms with E-state index in [4.69, 9.17) is 0 Å². The molecular weight excluding hydrogens is 258 g/mol. The van der Waals surface area contributed by atoms with Crippen molar-refractivity contribution in [2.24, 2.45) is 11.8 Å². The Morgan fingerprint density at radius 3 is 2.95 bits per heavy atom. The molecule has 106 valence electrons. The van der Waals surface area contributed by atoms with Gasteiger partial charge >= 0.3 is 0 Å². The van der Waals surface area contributed by atoms with Gasteiger partial charge in [-0.05, 0) is 42.7 Å². The number of aryl methyl sites for hydroxylation is 1. The van der Waals surface area contributed by atoms with Gasteiger partial charge in [0, 0.05) is 4.88 Å². The second-order valence-corrected chi connectivity index (χ2v) is 7.05. The Morgan fingerprint density at radius 1 is 1.58 bits per heavy atom. The van der Waals surface area contributed by atoms with Gasteiger partial charge in [-0.3, -0.25) is 4.79 Å². The van der Waals surface area contributed by atoms with Gasteiger partial charge in [-0.25, -0.2) is 0 Å². The number of nitrogens with one attached hydrogen (secondary N) is 1. The molecular formula is C15H23NO2S. The fourth-order valence-corrected chi connectivity index (χ4v) is 3.59. The minimum atomic E-state index is -0.162. The minimum Gasteiger partial charge on any atom is -0.394 e. The molecule has 4 heteroatoms. The third-order valence-corrected chi connectivity index (χ3v) is 5.11. The van der Waals surface area contributed by atoms with Crippen LogP contribution >= 0.6 is 11.3 Å². The van der Waals surface area contributed by atoms with Crippen LogP contribution in [0.2, 0.25) is 0 Å². The van der Waals surface area contributed by atoms with Crippen molar-refractivity contribution in [1.29, 1.82) is 0 Å². The summed E-state index contributed by atoms with van der Waals surface area (Å²) < 4.78 is 0. The van der Waals surface area contributed by atoms with Crippen molar-refractivity contribution >= 4 is 17.2 Å². The third kappa shape index (κ3) is 3.37. The molecule has 0 spiro atoms. The predicted molar refractivity (Wildman–Crippen MR) is 78.7 cm³/mol. The van der Waals surface area contributed by atoms with Gasteiger partial charge in [-0.1, -0.05) is 20.8 Å². The van der Waals surface area contributed by atoms with Crippen LogP contribution in [0.5, 0.6) is 0 Å². The van der Waals surface area contributed by atoms with Crippen LogP contribution in [-0.2, 0) is 12.8 Å². The number of fused-ring (bicyclic) bond motifs is 1. The number of hydrogen-bond donors (Lipinski definition) is 2. The molecule has 1 aromatic heterocycles. The maximum Gasteiger partial charge on any atom is 0.261 e. The molecule has 1 aromatic rings. The standard InChI is InChI=1S/C15H23NO2S/c1-9(2)12(8-17)16-15(18)14-7-11-6-10(3)4-5-13(11)19-14/h7,9-10,12,17H,4-6,8H2,1-3H3,(H,16,18)/t10?,12-/m1/s1. The van der Waals surface area contributed by atoms with Crippen molar-refractivity contribution in [2.45, 2.75) is 46.1 Å². The summed E-state index contributed by atoms with van der Waals surface area (Å²) in [5.74, 6) is 0.919. The third-order valence-electron chi connectivity index (χ3n) is 3.87. The zero-order chi connectivity index (χ0) is 14.0. The van der Waals surface area contributed by atoms with Crippen molar-refractivity contribution < 1.29 is 9.90 Å². The van der Waals surface area contributed by atoms with Crippen molar-refractivity contribution in [3.8, 4) is 0 Å². The highest BCUT2D eigenvalue weighted by molar-refractivity contribution is 7.14. The fourth-order valence-electron chi connectivity index (χ4n) is 2.48. The van der Waals surface area contributed by atoms with Gasteiger partial charge < -0.3 is 10.4 Å². The van der Waals surface area contributed by atoms with Crippen LogP contribution in [0.15, 0.2) is 6.07 Å². The quantitative estimate of drug-likeness (QED) is 0.891. The number of aliphatic hydroxyl groups excluding tert-OH is 1. The van der Waals surface area contributed by atoms with E-state index in [1.165, 1.54) is 16.9 Å². The maximum atomic E-state index is 12.2. The van der Waals surface area contributed by atoms with E-state index in [0.29, 0.717) is 0 Å². The average Bonchev–Trinajstić information content (AvgIpc) is 2.78. The monoisotopic (exact) mass is 281 g/mol. The summed E-state index contributed by atoms with van der Waals surface area (Å²) in [7, 11) is 0. The lowest BCUT2D eigenvalue weighted by Crippen LogP contribution is -2.40. The smallest absolute Gasteiger partial charge is 0.261 e. The number of rotatable bonds is 4. The highest BCUT2D eigenvalue weighted by Crippen LogP contribution is 2.32. The molecule has 1 heterocycles. The largest absolute Gasteiger partial charge is 0.394 e. The molecule has 1 aliphatic carbocycles. The van der Waals surface area contributed by atoms with Crippen LogP contribution < -0.4 is 5.32 Å². The first-order valence-electron chi connectivity index (χ1n) is 7.04. The minimum absolute atomic E-state index is 0.00840. The molecule has 1 aliphatic rings. The summed E-state index contributed by atoms with van der Waals surface area (Å²) in [6.45, 7) is 6.26. The number of amides is 1. The summed E-state index contributed by atoms with van der Waals surface area (Å²) in [5, 5.41) is 12.2. The van der Waals surface area contributed by atoms with Crippen LogP contribution in [-0.4, -0.2) is 23.7 Å². The molecule has 0 aromatic carbocycles. The number of carbonyl (C=O) groups excluding carboxylic acids is 1. The van der Waals surface area contributed by atoms with Gasteiger partial charge in [0.2, 0.25) is 0 Å². The molecule has 2 atom stereocenters. The molecule has 1 amide bonds. The van der Waals surface area contributed by atoms with Crippen LogP contribution in [0.4, 0.5) is 0 Å². The molecule has 0 saturated carbocycles. The average molecular weight is 281 g/mol. The Balaban J connectivity index is 2.08. The lowest BCUT2D eigenvalue weighted by Gasteiger charge is -2.19. The Bertz CT molecular complexity index is 453. The Kier molecular flexibility index (Phi) is 4.63. The highest BCUT2D eigenvalue weighted by Gasteiger charge is 2.22. The zero-order valence-electron chi connectivity index (χ0n) is 11.9. The first-order chi connectivity index (χ1) is 9.01. The van der Waals surface area contributed by atoms with Crippen LogP contribution in [0.3, 0.4) is 0 Å². The van der Waals surface area contributed by atoms with Gasteiger partial charge in [-0.15, -0.1) is 11.3 Å². The summed E-state index contributed by atoms with van der Waals surface area (Å²) in [4.78, 5) is 14.4. The van der Waals surface area contributed by atoms with E-state index in [1.807, 2.05) is 19.9 Å². The summed E-state index contributed by atoms with van der Waals surface area (Å²) in [6.07, 6.45) is 3.41. The van der Waals surface area contributed by atoms with Crippen molar-refractivity contribution in [3.63, 3.8) is 0 Å². The van der Waals surface area contributed by atoms with Gasteiger partial charge in [-0.2, -0.15) is 0 Å². The number of hydrogen-bond acceptors (Lipinski definition) is 3. The van der Waals surface area contributed by atoms with E-state index in [-0.39, 0.29) is 24.5 Å². The maximum absolute atomic E-state index is 12.2.